The van der Waals surface area contributed by atoms with Crippen LogP contribution in [0.4, 0.5) is 5.95 Å². The largest absolute Gasteiger partial charge is 0.396 e. The number of nitrogens with zero attached hydrogens (tertiary/aromatic N) is 3. The van der Waals surface area contributed by atoms with Crippen LogP contribution in [0.15, 0.2) is 22.7 Å². The number of ketones is 1. The Bertz CT molecular complexity index is 893. The second-order valence-corrected chi connectivity index (χ2v) is 8.90. The summed E-state index contributed by atoms with van der Waals surface area (Å²) in [4.78, 5) is 18.8. The zero-order chi connectivity index (χ0) is 18.5. The summed E-state index contributed by atoms with van der Waals surface area (Å²) in [6, 6.07) is 1.88. The second-order valence-electron chi connectivity index (χ2n) is 7.95. The monoisotopic (exact) mass is 372 g/mol. The maximum absolute atomic E-state index is 13.1. The number of allylic oxidation sites excluding steroid dienone is 2. The van der Waals surface area contributed by atoms with Crippen LogP contribution in [0.2, 0.25) is 0 Å². The van der Waals surface area contributed by atoms with Crippen molar-refractivity contribution in [2.45, 2.75) is 52.5 Å². The number of nitrogens with one attached hydrogen (secondary N) is 1. The van der Waals surface area contributed by atoms with E-state index in [-0.39, 0.29) is 23.8 Å². The second kappa shape index (κ2) is 6.32. The molecule has 0 bridgehead atoms. The van der Waals surface area contributed by atoms with Crippen LogP contribution < -0.4 is 5.32 Å². The van der Waals surface area contributed by atoms with Gasteiger partial charge in [0.2, 0.25) is 5.95 Å². The maximum Gasteiger partial charge on any atom is 0.226 e. The number of hydrogen-bond acceptors (Lipinski definition) is 6. The topological polar surface area (TPSA) is 80.0 Å². The summed E-state index contributed by atoms with van der Waals surface area (Å²) >= 11 is 1.66. The lowest BCUT2D eigenvalue weighted by atomic mass is 9.73. The van der Waals surface area contributed by atoms with Gasteiger partial charge in [-0.25, -0.2) is 4.68 Å². The number of aliphatic hydroxyl groups is 1. The minimum absolute atomic E-state index is 0.0557. The van der Waals surface area contributed by atoms with Crippen molar-refractivity contribution in [3.63, 3.8) is 0 Å². The van der Waals surface area contributed by atoms with E-state index in [1.165, 1.54) is 5.56 Å². The van der Waals surface area contributed by atoms with Gasteiger partial charge in [-0.3, -0.25) is 4.79 Å². The predicted octanol–water partition coefficient (Wildman–Crippen LogP) is 3.23. The summed E-state index contributed by atoms with van der Waals surface area (Å²) in [6.07, 6.45) is 2.63. The molecule has 0 amide bonds. The first-order chi connectivity index (χ1) is 12.4. The standard InChI is InChI=1S/C19H24N4O2S/c1-11-6-8-26-17(11)16-15-12(9-19(2,3)10-13(15)25)20-18-21-14(5-4-7-24)22-23(16)18/h6,8,16,24H,4-5,7,9-10H2,1-3H3,(H,20,21,22). The lowest BCUT2D eigenvalue weighted by molar-refractivity contribution is -0.118. The van der Waals surface area contributed by atoms with Gasteiger partial charge in [0.25, 0.3) is 0 Å². The van der Waals surface area contributed by atoms with Gasteiger partial charge in [-0.2, -0.15) is 10.1 Å². The summed E-state index contributed by atoms with van der Waals surface area (Å²) in [5.74, 6) is 1.59. The summed E-state index contributed by atoms with van der Waals surface area (Å²) in [5.41, 5.74) is 2.93. The van der Waals surface area contributed by atoms with Crippen LogP contribution in [0, 0.1) is 12.3 Å². The first-order valence-electron chi connectivity index (χ1n) is 9.03. The molecule has 6 nitrogen and oxygen atoms in total. The molecule has 2 N–H and O–H groups in total. The molecule has 0 aromatic carbocycles. The molecule has 4 rings (SSSR count). The molecule has 7 heteroatoms. The molecule has 138 valence electrons. The summed E-state index contributed by atoms with van der Waals surface area (Å²) < 4.78 is 1.86. The van der Waals surface area contributed by atoms with Gasteiger partial charge < -0.3 is 10.4 Å². The van der Waals surface area contributed by atoms with Gasteiger partial charge in [0.15, 0.2) is 11.6 Å². The third kappa shape index (κ3) is 2.89. The third-order valence-electron chi connectivity index (χ3n) is 5.08. The fraction of sp³-hybridized carbons (Fsp3) is 0.526. The Labute approximate surface area is 157 Å². The van der Waals surface area contributed by atoms with Gasteiger partial charge in [-0.15, -0.1) is 11.3 Å². The molecule has 0 saturated carbocycles. The Morgan fingerprint density at radius 3 is 2.92 bits per heavy atom. The van der Waals surface area contributed by atoms with E-state index < -0.39 is 0 Å². The molecule has 0 fully saturated rings. The number of hydrogen-bond donors (Lipinski definition) is 2. The Morgan fingerprint density at radius 2 is 2.23 bits per heavy atom. The molecule has 2 aromatic heterocycles. The number of fused-ring (bicyclic) bond motifs is 1. The average Bonchev–Trinajstić information content (AvgIpc) is 3.15. The Balaban J connectivity index is 1.84. The molecule has 1 aliphatic heterocycles. The molecule has 2 aliphatic rings. The smallest absolute Gasteiger partial charge is 0.226 e. The molecule has 0 saturated heterocycles. The van der Waals surface area contributed by atoms with Gasteiger partial charge >= 0.3 is 0 Å². The molecule has 2 aromatic rings. The SMILES string of the molecule is Cc1ccsc1C1C2=C(CC(C)(C)CC2=O)Nc2nc(CCCO)nn21. The van der Waals surface area contributed by atoms with E-state index in [9.17, 15) is 4.79 Å². The zero-order valence-electron chi connectivity index (χ0n) is 15.4. The molecule has 3 heterocycles. The molecule has 1 unspecified atom stereocenters. The molecule has 0 spiro atoms. The molecule has 0 radical (unpaired) electrons. The Kier molecular flexibility index (Phi) is 4.23. The lowest BCUT2D eigenvalue weighted by Gasteiger charge is -2.38. The first kappa shape index (κ1) is 17.4. The van der Waals surface area contributed by atoms with Crippen LogP contribution in [0.25, 0.3) is 0 Å². The quantitative estimate of drug-likeness (QED) is 0.861. The van der Waals surface area contributed by atoms with Gasteiger partial charge in [0.05, 0.1) is 0 Å². The van der Waals surface area contributed by atoms with E-state index in [0.29, 0.717) is 31.0 Å². The minimum atomic E-state index is -0.208. The fourth-order valence-electron chi connectivity index (χ4n) is 3.90. The van der Waals surface area contributed by atoms with Crippen molar-refractivity contribution in [3.05, 3.63) is 39.0 Å². The van der Waals surface area contributed by atoms with Gasteiger partial charge in [0.1, 0.15) is 6.04 Å². The van der Waals surface area contributed by atoms with E-state index in [1.54, 1.807) is 11.3 Å². The van der Waals surface area contributed by atoms with Gasteiger partial charge in [0, 0.05) is 35.6 Å². The number of anilines is 1. The highest BCUT2D eigenvalue weighted by molar-refractivity contribution is 7.10. The normalized spacial score (nSPS) is 21.4. The van der Waals surface area contributed by atoms with E-state index in [1.807, 2.05) is 4.68 Å². The first-order valence-corrected chi connectivity index (χ1v) is 9.91. The molecule has 1 atom stereocenters. The molecular formula is C19H24N4O2S. The van der Waals surface area contributed by atoms with Crippen LogP contribution in [0.1, 0.15) is 55.4 Å². The highest BCUT2D eigenvalue weighted by atomic mass is 32.1. The number of aliphatic hydroxyl groups excluding tert-OH is 1. The minimum Gasteiger partial charge on any atom is -0.396 e. The van der Waals surface area contributed by atoms with Gasteiger partial charge in [-0.1, -0.05) is 13.8 Å². The maximum atomic E-state index is 13.1. The highest BCUT2D eigenvalue weighted by Crippen LogP contribution is 2.46. The van der Waals surface area contributed by atoms with Crippen molar-refractivity contribution in [2.75, 3.05) is 11.9 Å². The molecule has 26 heavy (non-hydrogen) atoms. The van der Waals surface area contributed by atoms with E-state index >= 15 is 0 Å². The van der Waals surface area contributed by atoms with Crippen LogP contribution in [0.3, 0.4) is 0 Å². The van der Waals surface area contributed by atoms with Crippen molar-refractivity contribution >= 4 is 23.1 Å². The molecular weight excluding hydrogens is 348 g/mol. The highest BCUT2D eigenvalue weighted by Gasteiger charge is 2.42. The number of rotatable bonds is 4. The van der Waals surface area contributed by atoms with Crippen LogP contribution in [-0.2, 0) is 11.2 Å². The van der Waals surface area contributed by atoms with Crippen LogP contribution in [0.5, 0.6) is 0 Å². The molecule has 1 aliphatic carbocycles. The van der Waals surface area contributed by atoms with Crippen molar-refractivity contribution in [1.82, 2.24) is 14.8 Å². The zero-order valence-corrected chi connectivity index (χ0v) is 16.2. The number of thiophene rings is 1. The Hall–Kier alpha value is -1.99. The van der Waals surface area contributed by atoms with Crippen LogP contribution in [-0.4, -0.2) is 32.3 Å². The van der Waals surface area contributed by atoms with Crippen molar-refractivity contribution < 1.29 is 9.90 Å². The van der Waals surface area contributed by atoms with Crippen molar-refractivity contribution in [1.29, 1.82) is 0 Å². The summed E-state index contributed by atoms with van der Waals surface area (Å²) in [5, 5.41) is 19.2. The number of carbonyl (C=O) groups is 1. The number of aromatic nitrogens is 3. The Morgan fingerprint density at radius 1 is 1.42 bits per heavy atom. The number of carbonyl (C=O) groups excluding carboxylic acids is 1. The fourth-order valence-corrected chi connectivity index (χ4v) is 4.92. The number of Topliss-reactive ketones (excluding diaryl/α,β-unsaturated/α-hetero) is 1. The van der Waals surface area contributed by atoms with Gasteiger partial charge in [-0.05, 0) is 42.2 Å². The van der Waals surface area contributed by atoms with Crippen LogP contribution >= 0.6 is 11.3 Å². The third-order valence-corrected chi connectivity index (χ3v) is 6.16. The lowest BCUT2D eigenvalue weighted by Crippen LogP contribution is -2.36. The van der Waals surface area contributed by atoms with E-state index in [2.05, 4.69) is 47.6 Å². The van der Waals surface area contributed by atoms with E-state index in [4.69, 9.17) is 5.11 Å². The predicted molar refractivity (Wildman–Crippen MR) is 101 cm³/mol. The average molecular weight is 372 g/mol. The van der Waals surface area contributed by atoms with E-state index in [0.717, 1.165) is 22.6 Å². The summed E-state index contributed by atoms with van der Waals surface area (Å²) in [6.45, 7) is 6.46. The van der Waals surface area contributed by atoms with Crippen molar-refractivity contribution in [2.24, 2.45) is 5.41 Å². The van der Waals surface area contributed by atoms with Crippen molar-refractivity contribution in [3.8, 4) is 0 Å². The summed E-state index contributed by atoms with van der Waals surface area (Å²) in [7, 11) is 0. The number of aryl methyl sites for hydroxylation is 2.